The van der Waals surface area contributed by atoms with E-state index >= 15 is 13.2 Å². The summed E-state index contributed by atoms with van der Waals surface area (Å²) in [7, 11) is 1.38. The molecular formula is C31H34F3N7O3. The number of nitrogens with zero attached hydrogens (tertiary/aromatic N) is 5. The standard InChI is InChI=1S/C31H34F3N7O3/c1-18-20-6-5-7-22(25(20)32)31(33,34)13-19-14-40(15-19)11-4-3-10-36-24(42)16-41-26-21(27(37-18)38-39(2)29(26)44)12-23(28(41)43)30(17-35)8-9-30/h5-7,12,18-19H,3-4,8-11,13-16H2,1-2H3,(H,36,42)(H,37,38)/t18-/m1/s1. The SMILES string of the molecule is C[C@H]1Nc2nn(C)c(=O)c3c2cc(C2(C#N)CC2)c(=O)n3CC(=O)NCCCCN2CC(C2)CC(F)(F)c2cccc1c2F. The summed E-state index contributed by atoms with van der Waals surface area (Å²) in [5.41, 5.74) is -2.95. The van der Waals surface area contributed by atoms with E-state index in [1.165, 1.54) is 25.2 Å². The smallest absolute Gasteiger partial charge is 0.291 e. The second-order valence-corrected chi connectivity index (χ2v) is 12.3. The summed E-state index contributed by atoms with van der Waals surface area (Å²) < 4.78 is 48.8. The summed E-state index contributed by atoms with van der Waals surface area (Å²) in [6, 6.07) is 6.69. The average molecular weight is 610 g/mol. The molecule has 10 nitrogen and oxygen atoms in total. The Bertz CT molecular complexity index is 1800. The van der Waals surface area contributed by atoms with Crippen LogP contribution in [-0.2, 0) is 29.7 Å². The van der Waals surface area contributed by atoms with Crippen molar-refractivity contribution in [1.29, 1.82) is 5.26 Å². The third kappa shape index (κ3) is 5.25. The summed E-state index contributed by atoms with van der Waals surface area (Å²) in [4.78, 5) is 42.3. The first-order chi connectivity index (χ1) is 20.9. The molecule has 5 heterocycles. The maximum absolute atomic E-state index is 15.8. The van der Waals surface area contributed by atoms with Gasteiger partial charge in [0, 0.05) is 49.6 Å². The van der Waals surface area contributed by atoms with E-state index in [1.807, 2.05) is 0 Å². The van der Waals surface area contributed by atoms with Crippen LogP contribution in [0.1, 0.15) is 61.8 Å². The van der Waals surface area contributed by atoms with Gasteiger partial charge in [-0.3, -0.25) is 19.0 Å². The molecule has 232 valence electrons. The molecule has 44 heavy (non-hydrogen) atoms. The van der Waals surface area contributed by atoms with E-state index in [0.29, 0.717) is 45.4 Å². The molecule has 0 spiro atoms. The van der Waals surface area contributed by atoms with E-state index < -0.39 is 58.8 Å². The fourth-order valence-corrected chi connectivity index (χ4v) is 6.45. The number of hydrogen-bond acceptors (Lipinski definition) is 7. The normalized spacial score (nSPS) is 24.7. The summed E-state index contributed by atoms with van der Waals surface area (Å²) in [5, 5.41) is 20.3. The Morgan fingerprint density at radius 2 is 1.84 bits per heavy atom. The topological polar surface area (TPSA) is 125 Å². The Kier molecular flexibility index (Phi) is 7.52. The summed E-state index contributed by atoms with van der Waals surface area (Å²) in [6.07, 6.45) is 1.78. The lowest BCUT2D eigenvalue weighted by Gasteiger charge is -2.41. The van der Waals surface area contributed by atoms with E-state index in [-0.39, 0.29) is 33.8 Å². The molecule has 1 saturated heterocycles. The molecule has 3 aliphatic heterocycles. The van der Waals surface area contributed by atoms with Crippen LogP contribution in [0.3, 0.4) is 0 Å². The molecule has 1 amide bonds. The van der Waals surface area contributed by atoms with Gasteiger partial charge in [0.15, 0.2) is 5.82 Å². The van der Waals surface area contributed by atoms with Crippen LogP contribution in [0.2, 0.25) is 0 Å². The van der Waals surface area contributed by atoms with Crippen LogP contribution < -0.4 is 21.8 Å². The number of aromatic nitrogens is 3. The highest BCUT2D eigenvalue weighted by Gasteiger charge is 2.48. The Balaban J connectivity index is 1.50. The Morgan fingerprint density at radius 1 is 1.09 bits per heavy atom. The van der Waals surface area contributed by atoms with E-state index in [1.54, 1.807) is 6.92 Å². The minimum atomic E-state index is -3.37. The third-order valence-electron chi connectivity index (χ3n) is 9.12. The number of pyridine rings is 1. The number of amides is 1. The lowest BCUT2D eigenvalue weighted by molar-refractivity contribution is -0.121. The largest absolute Gasteiger partial charge is 0.361 e. The molecule has 1 atom stereocenters. The lowest BCUT2D eigenvalue weighted by Crippen LogP contribution is -2.48. The Hall–Kier alpha value is -4.18. The Morgan fingerprint density at radius 3 is 2.55 bits per heavy atom. The number of anilines is 1. The Labute approximate surface area is 251 Å². The van der Waals surface area contributed by atoms with Crippen molar-refractivity contribution in [2.75, 3.05) is 31.5 Å². The molecule has 0 radical (unpaired) electrons. The minimum Gasteiger partial charge on any atom is -0.361 e. The maximum Gasteiger partial charge on any atom is 0.291 e. The molecule has 1 saturated carbocycles. The number of benzene rings is 1. The number of alkyl halides is 2. The minimum absolute atomic E-state index is 0.0179. The first-order valence-corrected chi connectivity index (χ1v) is 14.9. The number of nitrogens with one attached hydrogen (secondary N) is 2. The molecule has 7 rings (SSSR count). The summed E-state index contributed by atoms with van der Waals surface area (Å²) >= 11 is 0. The van der Waals surface area contributed by atoms with E-state index in [0.717, 1.165) is 21.7 Å². The van der Waals surface area contributed by atoms with Gasteiger partial charge < -0.3 is 15.5 Å². The van der Waals surface area contributed by atoms with Crippen molar-refractivity contribution < 1.29 is 18.0 Å². The van der Waals surface area contributed by atoms with Crippen LogP contribution in [0.25, 0.3) is 10.9 Å². The van der Waals surface area contributed by atoms with Gasteiger partial charge in [-0.05, 0) is 51.1 Å². The van der Waals surface area contributed by atoms with Gasteiger partial charge in [0.1, 0.15) is 17.9 Å². The van der Waals surface area contributed by atoms with Gasteiger partial charge in [-0.1, -0.05) is 18.2 Å². The van der Waals surface area contributed by atoms with Crippen molar-refractivity contribution in [2.24, 2.45) is 13.0 Å². The number of rotatable bonds is 1. The summed E-state index contributed by atoms with van der Waals surface area (Å²) in [6.45, 7) is 3.15. The van der Waals surface area contributed by atoms with Gasteiger partial charge in [-0.15, -0.1) is 0 Å². The number of aryl methyl sites for hydroxylation is 1. The molecule has 4 aliphatic rings. The van der Waals surface area contributed by atoms with Crippen LogP contribution >= 0.6 is 0 Å². The van der Waals surface area contributed by atoms with Gasteiger partial charge in [-0.25, -0.2) is 17.9 Å². The fourth-order valence-electron chi connectivity index (χ4n) is 6.45. The van der Waals surface area contributed by atoms with E-state index in [2.05, 4.69) is 26.7 Å². The van der Waals surface area contributed by atoms with Crippen molar-refractivity contribution in [1.82, 2.24) is 24.6 Å². The maximum atomic E-state index is 15.8. The van der Waals surface area contributed by atoms with Crippen molar-refractivity contribution in [3.8, 4) is 6.07 Å². The van der Waals surface area contributed by atoms with Gasteiger partial charge >= 0.3 is 0 Å². The van der Waals surface area contributed by atoms with Crippen LogP contribution in [0.5, 0.6) is 0 Å². The van der Waals surface area contributed by atoms with Crippen molar-refractivity contribution >= 4 is 22.6 Å². The van der Waals surface area contributed by atoms with Gasteiger partial charge in [0.25, 0.3) is 17.0 Å². The van der Waals surface area contributed by atoms with Crippen LogP contribution in [0.4, 0.5) is 19.0 Å². The molecule has 2 fully saturated rings. The molecular weight excluding hydrogens is 575 g/mol. The first-order valence-electron chi connectivity index (χ1n) is 14.9. The predicted molar refractivity (Wildman–Crippen MR) is 157 cm³/mol. The predicted octanol–water partition coefficient (Wildman–Crippen LogP) is 3.29. The molecule has 0 unspecified atom stereocenters. The van der Waals surface area contributed by atoms with Crippen molar-refractivity contribution in [3.63, 3.8) is 0 Å². The van der Waals surface area contributed by atoms with Crippen LogP contribution in [-0.4, -0.2) is 51.3 Å². The second-order valence-electron chi connectivity index (χ2n) is 12.3. The van der Waals surface area contributed by atoms with E-state index in [9.17, 15) is 19.6 Å². The highest BCUT2D eigenvalue weighted by molar-refractivity contribution is 5.90. The number of carbonyl (C=O) groups excluding carboxylic acids is 1. The molecule has 1 aromatic carbocycles. The quantitative estimate of drug-likeness (QED) is 0.434. The molecule has 3 aromatic rings. The zero-order valence-electron chi connectivity index (χ0n) is 24.6. The number of carbonyl (C=O) groups is 1. The monoisotopic (exact) mass is 609 g/mol. The van der Waals surface area contributed by atoms with Crippen molar-refractivity contribution in [2.45, 2.75) is 63.0 Å². The number of hydrogen-bond donors (Lipinski definition) is 2. The zero-order chi connectivity index (χ0) is 31.4. The average Bonchev–Trinajstić information content (AvgIpc) is 3.75. The van der Waals surface area contributed by atoms with Gasteiger partial charge in [0.05, 0.1) is 23.1 Å². The molecule has 8 bridgehead atoms. The van der Waals surface area contributed by atoms with Crippen LogP contribution in [0.15, 0.2) is 33.9 Å². The lowest BCUT2D eigenvalue weighted by atomic mass is 9.88. The zero-order valence-corrected chi connectivity index (χ0v) is 24.6. The van der Waals surface area contributed by atoms with Gasteiger partial charge in [-0.2, -0.15) is 10.4 Å². The molecule has 2 N–H and O–H groups in total. The highest BCUT2D eigenvalue weighted by Crippen LogP contribution is 2.47. The molecule has 2 aromatic heterocycles. The van der Waals surface area contributed by atoms with Gasteiger partial charge in [0.2, 0.25) is 5.91 Å². The number of nitriles is 1. The highest BCUT2D eigenvalue weighted by atomic mass is 19.3. The molecule has 1 aliphatic carbocycles. The first kappa shape index (κ1) is 29.9. The van der Waals surface area contributed by atoms with E-state index in [4.69, 9.17) is 0 Å². The second kappa shape index (κ2) is 11.1. The van der Waals surface area contributed by atoms with Crippen molar-refractivity contribution in [3.05, 3.63) is 67.5 Å². The van der Waals surface area contributed by atoms with Crippen LogP contribution in [0, 0.1) is 23.1 Å². The molecule has 13 heteroatoms. The number of halogens is 3. The third-order valence-corrected chi connectivity index (χ3v) is 9.12. The summed E-state index contributed by atoms with van der Waals surface area (Å²) in [5.74, 6) is -5.05. The number of fused-ring (bicyclic) bond motifs is 8. The fraction of sp³-hybridized carbons (Fsp3) is 0.516.